The number of esters is 1. The number of benzene rings is 3. The van der Waals surface area contributed by atoms with Crippen molar-refractivity contribution in [1.29, 1.82) is 0 Å². The largest absolute Gasteiger partial charge is 0.489 e. The molecule has 150 valence electrons. The SMILES string of the molecule is CC(C)c1ccc(C2=C/C(=C/c3ccc(OCc4ccccc4)cc3)C(=O)O2)cc1. The number of hydrogen-bond donors (Lipinski definition) is 0. The number of carbonyl (C=O) groups excluding carboxylic acids is 1. The molecule has 0 aromatic heterocycles. The highest BCUT2D eigenvalue weighted by Gasteiger charge is 2.22. The summed E-state index contributed by atoms with van der Waals surface area (Å²) in [5, 5.41) is 0. The van der Waals surface area contributed by atoms with Crippen molar-refractivity contribution in [2.75, 3.05) is 0 Å². The predicted molar refractivity (Wildman–Crippen MR) is 120 cm³/mol. The third-order valence-electron chi connectivity index (χ3n) is 5.04. The van der Waals surface area contributed by atoms with Crippen LogP contribution in [0.25, 0.3) is 11.8 Å². The fourth-order valence-electron chi connectivity index (χ4n) is 3.24. The Kier molecular flexibility index (Phi) is 5.80. The van der Waals surface area contributed by atoms with Crippen LogP contribution in [0.15, 0.2) is 90.5 Å². The molecule has 0 spiro atoms. The molecule has 0 fully saturated rings. The van der Waals surface area contributed by atoms with E-state index in [0.29, 0.717) is 23.9 Å². The van der Waals surface area contributed by atoms with Gasteiger partial charge in [-0.05, 0) is 46.9 Å². The second-order valence-electron chi connectivity index (χ2n) is 7.62. The zero-order valence-electron chi connectivity index (χ0n) is 17.2. The highest BCUT2D eigenvalue weighted by Crippen LogP contribution is 2.29. The maximum absolute atomic E-state index is 12.3. The average Bonchev–Trinajstić information content (AvgIpc) is 3.14. The summed E-state index contributed by atoms with van der Waals surface area (Å²) in [6, 6.07) is 25.9. The number of hydrogen-bond acceptors (Lipinski definition) is 3. The van der Waals surface area contributed by atoms with Crippen LogP contribution in [0, 0.1) is 0 Å². The van der Waals surface area contributed by atoms with Gasteiger partial charge >= 0.3 is 5.97 Å². The van der Waals surface area contributed by atoms with Crippen LogP contribution in [0.3, 0.4) is 0 Å². The molecular formula is C27H24O3. The minimum absolute atomic E-state index is 0.331. The van der Waals surface area contributed by atoms with Gasteiger partial charge in [0, 0.05) is 5.56 Å². The Bertz CT molecular complexity index is 1070. The molecule has 1 aliphatic heterocycles. The zero-order valence-corrected chi connectivity index (χ0v) is 17.2. The molecule has 0 amide bonds. The summed E-state index contributed by atoms with van der Waals surface area (Å²) in [6.07, 6.45) is 3.63. The normalized spacial score (nSPS) is 14.7. The van der Waals surface area contributed by atoms with E-state index in [0.717, 1.165) is 22.4 Å². The summed E-state index contributed by atoms with van der Waals surface area (Å²) < 4.78 is 11.3. The predicted octanol–water partition coefficient (Wildman–Crippen LogP) is 6.37. The molecule has 4 rings (SSSR count). The van der Waals surface area contributed by atoms with Gasteiger partial charge in [0.15, 0.2) is 0 Å². The lowest BCUT2D eigenvalue weighted by Gasteiger charge is -2.06. The second-order valence-corrected chi connectivity index (χ2v) is 7.62. The van der Waals surface area contributed by atoms with Crippen molar-refractivity contribution in [2.24, 2.45) is 0 Å². The van der Waals surface area contributed by atoms with E-state index >= 15 is 0 Å². The molecule has 1 heterocycles. The van der Waals surface area contributed by atoms with Gasteiger partial charge in [-0.1, -0.05) is 80.6 Å². The summed E-state index contributed by atoms with van der Waals surface area (Å²) >= 11 is 0. The first kappa shape index (κ1) is 19.7. The minimum Gasteiger partial charge on any atom is -0.489 e. The van der Waals surface area contributed by atoms with Crippen LogP contribution in [0.2, 0.25) is 0 Å². The van der Waals surface area contributed by atoms with Crippen molar-refractivity contribution in [3.8, 4) is 5.75 Å². The van der Waals surface area contributed by atoms with Crippen LogP contribution in [0.1, 0.15) is 42.0 Å². The number of cyclic esters (lactones) is 1. The molecular weight excluding hydrogens is 372 g/mol. The van der Waals surface area contributed by atoms with Crippen LogP contribution in [-0.4, -0.2) is 5.97 Å². The van der Waals surface area contributed by atoms with Gasteiger partial charge in [0.05, 0.1) is 5.57 Å². The van der Waals surface area contributed by atoms with E-state index in [1.165, 1.54) is 5.56 Å². The number of carbonyl (C=O) groups is 1. The molecule has 3 aromatic rings. The van der Waals surface area contributed by atoms with E-state index in [1.807, 2.05) is 72.8 Å². The van der Waals surface area contributed by atoms with Crippen molar-refractivity contribution in [3.63, 3.8) is 0 Å². The molecule has 0 saturated heterocycles. The van der Waals surface area contributed by atoms with Gasteiger partial charge in [0.2, 0.25) is 0 Å². The van der Waals surface area contributed by atoms with E-state index < -0.39 is 0 Å². The molecule has 0 unspecified atom stereocenters. The summed E-state index contributed by atoms with van der Waals surface area (Å²) in [6.45, 7) is 4.83. The highest BCUT2D eigenvalue weighted by atomic mass is 16.5. The number of rotatable bonds is 6. The first-order valence-corrected chi connectivity index (χ1v) is 10.1. The second kappa shape index (κ2) is 8.83. The van der Waals surface area contributed by atoms with E-state index in [9.17, 15) is 4.79 Å². The van der Waals surface area contributed by atoms with Crippen molar-refractivity contribution >= 4 is 17.8 Å². The first-order chi connectivity index (χ1) is 14.6. The summed E-state index contributed by atoms with van der Waals surface area (Å²) in [5.74, 6) is 1.51. The lowest BCUT2D eigenvalue weighted by Crippen LogP contribution is -1.97. The fraction of sp³-hybridized carbons (Fsp3) is 0.148. The third kappa shape index (κ3) is 4.69. The van der Waals surface area contributed by atoms with Crippen LogP contribution >= 0.6 is 0 Å². The van der Waals surface area contributed by atoms with Crippen LogP contribution in [0.5, 0.6) is 5.75 Å². The first-order valence-electron chi connectivity index (χ1n) is 10.1. The lowest BCUT2D eigenvalue weighted by atomic mass is 10.0. The molecule has 0 saturated carbocycles. The molecule has 0 N–H and O–H groups in total. The molecule has 0 bridgehead atoms. The Labute approximate surface area is 177 Å². The Hall–Kier alpha value is -3.59. The zero-order chi connectivity index (χ0) is 20.9. The Balaban J connectivity index is 1.45. The van der Waals surface area contributed by atoms with Crippen molar-refractivity contribution < 1.29 is 14.3 Å². The van der Waals surface area contributed by atoms with Gasteiger partial charge in [0.1, 0.15) is 18.1 Å². The summed E-state index contributed by atoms with van der Waals surface area (Å²) in [7, 11) is 0. The fourth-order valence-corrected chi connectivity index (χ4v) is 3.24. The Morgan fingerprint density at radius 3 is 2.27 bits per heavy atom. The number of ether oxygens (including phenoxy) is 2. The monoisotopic (exact) mass is 396 g/mol. The van der Waals surface area contributed by atoms with Gasteiger partial charge in [-0.15, -0.1) is 0 Å². The topological polar surface area (TPSA) is 35.5 Å². The minimum atomic E-state index is -0.331. The van der Waals surface area contributed by atoms with E-state index in [-0.39, 0.29) is 5.97 Å². The van der Waals surface area contributed by atoms with Crippen LogP contribution in [0.4, 0.5) is 0 Å². The lowest BCUT2D eigenvalue weighted by molar-refractivity contribution is -0.130. The Morgan fingerprint density at radius 1 is 0.900 bits per heavy atom. The summed E-state index contributed by atoms with van der Waals surface area (Å²) in [4.78, 5) is 12.3. The van der Waals surface area contributed by atoms with Gasteiger partial charge in [0.25, 0.3) is 0 Å². The van der Waals surface area contributed by atoms with Crippen LogP contribution < -0.4 is 4.74 Å². The van der Waals surface area contributed by atoms with E-state index in [4.69, 9.17) is 9.47 Å². The maximum Gasteiger partial charge on any atom is 0.343 e. The molecule has 30 heavy (non-hydrogen) atoms. The quantitative estimate of drug-likeness (QED) is 0.359. The molecule has 0 aliphatic carbocycles. The summed E-state index contributed by atoms with van der Waals surface area (Å²) in [5.41, 5.74) is 4.74. The van der Waals surface area contributed by atoms with Crippen molar-refractivity contribution in [3.05, 3.63) is 113 Å². The molecule has 3 heteroatoms. The van der Waals surface area contributed by atoms with E-state index in [2.05, 4.69) is 26.0 Å². The molecule has 0 atom stereocenters. The van der Waals surface area contributed by atoms with Gasteiger partial charge in [-0.2, -0.15) is 0 Å². The Morgan fingerprint density at radius 2 is 1.60 bits per heavy atom. The van der Waals surface area contributed by atoms with Gasteiger partial charge < -0.3 is 9.47 Å². The van der Waals surface area contributed by atoms with Crippen LogP contribution in [-0.2, 0) is 16.1 Å². The van der Waals surface area contributed by atoms with Crippen molar-refractivity contribution in [1.82, 2.24) is 0 Å². The molecule has 0 radical (unpaired) electrons. The standard InChI is InChI=1S/C27H24O3/c1-19(2)22-10-12-23(13-11-22)26-17-24(27(28)30-26)16-20-8-14-25(15-9-20)29-18-21-6-4-3-5-7-21/h3-17,19H,18H2,1-2H3/b24-16-. The smallest absolute Gasteiger partial charge is 0.343 e. The van der Waals surface area contributed by atoms with Crippen molar-refractivity contribution in [2.45, 2.75) is 26.4 Å². The van der Waals surface area contributed by atoms with Gasteiger partial charge in [-0.3, -0.25) is 0 Å². The highest BCUT2D eigenvalue weighted by molar-refractivity contribution is 6.05. The third-order valence-corrected chi connectivity index (χ3v) is 5.04. The van der Waals surface area contributed by atoms with E-state index in [1.54, 1.807) is 6.08 Å². The average molecular weight is 396 g/mol. The molecule has 1 aliphatic rings. The van der Waals surface area contributed by atoms with Gasteiger partial charge in [-0.25, -0.2) is 4.79 Å². The molecule has 3 nitrogen and oxygen atoms in total. The molecule has 3 aromatic carbocycles. The maximum atomic E-state index is 12.3.